The summed E-state index contributed by atoms with van der Waals surface area (Å²) in [4.78, 5) is 0. The van der Waals surface area contributed by atoms with Gasteiger partial charge in [-0.2, -0.15) is 0 Å². The van der Waals surface area contributed by atoms with Gasteiger partial charge in [-0.15, -0.1) is 0 Å². The van der Waals surface area contributed by atoms with Gasteiger partial charge in [0.15, 0.2) is 0 Å². The maximum absolute atomic E-state index is 3.38. The largest absolute Gasteiger partial charge is 0.379 e. The first-order chi connectivity index (χ1) is 7.95. The van der Waals surface area contributed by atoms with E-state index in [1.807, 2.05) is 24.3 Å². The SMILES string of the molecule is c1ccc(NCC[NH2+]c2ccccc2)cc1. The number of rotatable bonds is 5. The maximum atomic E-state index is 3.38. The number of quaternary nitrogens is 1. The Morgan fingerprint density at radius 3 is 2.12 bits per heavy atom. The van der Waals surface area contributed by atoms with E-state index in [0.717, 1.165) is 13.1 Å². The highest BCUT2D eigenvalue weighted by Gasteiger charge is 1.94. The lowest BCUT2D eigenvalue weighted by Crippen LogP contribution is -2.79. The standard InChI is InChI=1S/C14H16N2/c1-3-7-13(8-4-1)15-11-12-16-14-9-5-2-6-10-14/h1-10,15-16H,11-12H2/p+1. The van der Waals surface area contributed by atoms with Gasteiger partial charge in [-0.25, -0.2) is 0 Å². The molecule has 0 aliphatic heterocycles. The second-order valence-electron chi connectivity index (χ2n) is 3.70. The third kappa shape index (κ3) is 3.41. The van der Waals surface area contributed by atoms with E-state index >= 15 is 0 Å². The second-order valence-corrected chi connectivity index (χ2v) is 3.70. The minimum absolute atomic E-state index is 0.971. The van der Waals surface area contributed by atoms with E-state index in [0.29, 0.717) is 0 Å². The lowest BCUT2D eigenvalue weighted by molar-refractivity contribution is -0.568. The molecule has 0 radical (unpaired) electrons. The van der Waals surface area contributed by atoms with Crippen LogP contribution in [0.3, 0.4) is 0 Å². The summed E-state index contributed by atoms with van der Waals surface area (Å²) < 4.78 is 0. The number of anilines is 1. The third-order valence-corrected chi connectivity index (χ3v) is 2.43. The molecule has 0 unspecified atom stereocenters. The van der Waals surface area contributed by atoms with Crippen molar-refractivity contribution in [2.75, 3.05) is 18.4 Å². The first-order valence-corrected chi connectivity index (χ1v) is 5.62. The molecule has 2 nitrogen and oxygen atoms in total. The lowest BCUT2D eigenvalue weighted by Gasteiger charge is -2.04. The van der Waals surface area contributed by atoms with Crippen LogP contribution in [0.2, 0.25) is 0 Å². The Bertz CT molecular complexity index is 356. The van der Waals surface area contributed by atoms with E-state index in [4.69, 9.17) is 0 Å². The third-order valence-electron chi connectivity index (χ3n) is 2.43. The zero-order valence-electron chi connectivity index (χ0n) is 9.27. The number of hydrogen-bond donors (Lipinski definition) is 2. The highest BCUT2D eigenvalue weighted by Crippen LogP contribution is 2.03. The number of hydrogen-bond acceptors (Lipinski definition) is 1. The van der Waals surface area contributed by atoms with Crippen LogP contribution < -0.4 is 10.6 Å². The normalized spacial score (nSPS) is 10.0. The van der Waals surface area contributed by atoms with E-state index in [1.54, 1.807) is 0 Å². The predicted molar refractivity (Wildman–Crippen MR) is 67.8 cm³/mol. The monoisotopic (exact) mass is 213 g/mol. The smallest absolute Gasteiger partial charge is 0.129 e. The van der Waals surface area contributed by atoms with Gasteiger partial charge in [-0.1, -0.05) is 36.4 Å². The van der Waals surface area contributed by atoms with Crippen molar-refractivity contribution in [1.82, 2.24) is 0 Å². The van der Waals surface area contributed by atoms with Crippen LogP contribution in [0.1, 0.15) is 0 Å². The van der Waals surface area contributed by atoms with Gasteiger partial charge in [0.25, 0.3) is 0 Å². The Morgan fingerprint density at radius 1 is 0.812 bits per heavy atom. The van der Waals surface area contributed by atoms with Crippen molar-refractivity contribution < 1.29 is 5.32 Å². The molecule has 82 valence electrons. The fraction of sp³-hybridized carbons (Fsp3) is 0.143. The molecule has 2 rings (SSSR count). The number of para-hydroxylation sites is 2. The lowest BCUT2D eigenvalue weighted by atomic mass is 10.3. The quantitative estimate of drug-likeness (QED) is 0.577. The van der Waals surface area contributed by atoms with Crippen molar-refractivity contribution in [3.63, 3.8) is 0 Å². The van der Waals surface area contributed by atoms with E-state index < -0.39 is 0 Å². The summed E-state index contributed by atoms with van der Waals surface area (Å²) in [6.45, 7) is 2.01. The van der Waals surface area contributed by atoms with Crippen molar-refractivity contribution in [2.45, 2.75) is 0 Å². The molecule has 2 heteroatoms. The molecule has 0 aliphatic carbocycles. The maximum Gasteiger partial charge on any atom is 0.129 e. The van der Waals surface area contributed by atoms with Gasteiger partial charge in [-0.05, 0) is 24.3 Å². The van der Waals surface area contributed by atoms with Crippen molar-refractivity contribution in [3.8, 4) is 0 Å². The van der Waals surface area contributed by atoms with Crippen LogP contribution in [0, 0.1) is 0 Å². The summed E-state index contributed by atoms with van der Waals surface area (Å²) in [5.41, 5.74) is 2.47. The first-order valence-electron chi connectivity index (χ1n) is 5.62. The zero-order valence-corrected chi connectivity index (χ0v) is 9.27. The Morgan fingerprint density at radius 2 is 1.44 bits per heavy atom. The van der Waals surface area contributed by atoms with Gasteiger partial charge in [0.2, 0.25) is 0 Å². The minimum Gasteiger partial charge on any atom is -0.379 e. The van der Waals surface area contributed by atoms with Crippen LogP contribution in [0.4, 0.5) is 11.4 Å². The molecule has 0 heterocycles. The average molecular weight is 213 g/mol. The molecule has 0 saturated heterocycles. The molecule has 0 saturated carbocycles. The molecule has 0 aliphatic rings. The van der Waals surface area contributed by atoms with Crippen molar-refractivity contribution in [1.29, 1.82) is 0 Å². The van der Waals surface area contributed by atoms with Gasteiger partial charge >= 0.3 is 0 Å². The number of nitrogens with one attached hydrogen (secondary N) is 1. The highest BCUT2D eigenvalue weighted by molar-refractivity contribution is 5.42. The van der Waals surface area contributed by atoms with Gasteiger partial charge < -0.3 is 10.6 Å². The van der Waals surface area contributed by atoms with E-state index in [2.05, 4.69) is 47.0 Å². The fourth-order valence-electron chi connectivity index (χ4n) is 1.60. The predicted octanol–water partition coefficient (Wildman–Crippen LogP) is 1.99. The van der Waals surface area contributed by atoms with Crippen LogP contribution >= 0.6 is 0 Å². The summed E-state index contributed by atoms with van der Waals surface area (Å²) in [5.74, 6) is 0. The minimum atomic E-state index is 0.971. The van der Waals surface area contributed by atoms with Gasteiger partial charge in [-0.3, -0.25) is 0 Å². The van der Waals surface area contributed by atoms with Crippen LogP contribution in [0.5, 0.6) is 0 Å². The molecule has 0 amide bonds. The molecule has 0 atom stereocenters. The van der Waals surface area contributed by atoms with Crippen molar-refractivity contribution >= 4 is 11.4 Å². The summed E-state index contributed by atoms with van der Waals surface area (Å²) >= 11 is 0. The fourth-order valence-corrected chi connectivity index (χ4v) is 1.60. The Labute approximate surface area is 96.3 Å². The summed E-state index contributed by atoms with van der Waals surface area (Å²) in [6, 6.07) is 20.7. The molecular formula is C14H17N2+. The van der Waals surface area contributed by atoms with E-state index in [-0.39, 0.29) is 0 Å². The van der Waals surface area contributed by atoms with Gasteiger partial charge in [0.1, 0.15) is 5.69 Å². The van der Waals surface area contributed by atoms with E-state index in [1.165, 1.54) is 11.4 Å². The molecule has 16 heavy (non-hydrogen) atoms. The molecule has 2 aromatic rings. The average Bonchev–Trinajstić information content (AvgIpc) is 2.37. The molecule has 0 aromatic heterocycles. The second kappa shape index (κ2) is 5.93. The topological polar surface area (TPSA) is 28.6 Å². The van der Waals surface area contributed by atoms with Crippen molar-refractivity contribution in [3.05, 3.63) is 60.7 Å². The molecular weight excluding hydrogens is 196 g/mol. The van der Waals surface area contributed by atoms with Gasteiger partial charge in [0, 0.05) is 5.69 Å². The van der Waals surface area contributed by atoms with Crippen molar-refractivity contribution in [2.24, 2.45) is 0 Å². The summed E-state index contributed by atoms with van der Waals surface area (Å²) in [6.07, 6.45) is 0. The molecule has 3 N–H and O–H groups in total. The van der Waals surface area contributed by atoms with E-state index in [9.17, 15) is 0 Å². The summed E-state index contributed by atoms with van der Waals surface area (Å²) in [7, 11) is 0. The number of benzene rings is 2. The number of nitrogens with two attached hydrogens (primary N) is 1. The van der Waals surface area contributed by atoms with Crippen LogP contribution in [0.25, 0.3) is 0 Å². The summed E-state index contributed by atoms with van der Waals surface area (Å²) in [5, 5.41) is 5.63. The molecule has 0 bridgehead atoms. The van der Waals surface area contributed by atoms with Crippen LogP contribution in [-0.2, 0) is 0 Å². The Hall–Kier alpha value is -1.80. The first kappa shape index (κ1) is 10.7. The van der Waals surface area contributed by atoms with Gasteiger partial charge in [0.05, 0.1) is 13.1 Å². The van der Waals surface area contributed by atoms with Crippen LogP contribution in [-0.4, -0.2) is 13.1 Å². The molecule has 0 fully saturated rings. The molecule has 2 aromatic carbocycles. The Kier molecular flexibility index (Phi) is 3.97. The molecule has 0 spiro atoms. The zero-order chi connectivity index (χ0) is 11.1. The van der Waals surface area contributed by atoms with Crippen LogP contribution in [0.15, 0.2) is 60.7 Å². The Balaban J connectivity index is 1.70. The highest BCUT2D eigenvalue weighted by atomic mass is 14.9.